The molecule has 1 aliphatic heterocycles. The first-order valence-electron chi connectivity index (χ1n) is 13.7. The van der Waals surface area contributed by atoms with Gasteiger partial charge in [0.15, 0.2) is 0 Å². The van der Waals surface area contributed by atoms with Crippen LogP contribution < -0.4 is 5.73 Å². The van der Waals surface area contributed by atoms with Crippen LogP contribution in [-0.2, 0) is 9.53 Å². The summed E-state index contributed by atoms with van der Waals surface area (Å²) in [7, 11) is 0. The van der Waals surface area contributed by atoms with Crippen molar-refractivity contribution in [3.05, 3.63) is 24.3 Å². The summed E-state index contributed by atoms with van der Waals surface area (Å²) in [6, 6.07) is 0. The van der Waals surface area contributed by atoms with Crippen molar-refractivity contribution in [2.45, 2.75) is 122 Å². The van der Waals surface area contributed by atoms with Gasteiger partial charge in [-0.05, 0) is 64.3 Å². The highest BCUT2D eigenvalue weighted by Gasteiger charge is 2.26. The van der Waals surface area contributed by atoms with Gasteiger partial charge in [0.2, 0.25) is 5.91 Å². The minimum absolute atomic E-state index is 0.251. The average Bonchev–Trinajstić information content (AvgIpc) is 3.28. The second-order valence-corrected chi connectivity index (χ2v) is 9.30. The lowest BCUT2D eigenvalue weighted by Gasteiger charge is -2.16. The SMILES string of the molecule is CCCCC/C=C\C/C=C\CCCCCCCCO[C@H]1CCN(C(=O)CCCCCN)C1. The van der Waals surface area contributed by atoms with Gasteiger partial charge in [0.1, 0.15) is 0 Å². The van der Waals surface area contributed by atoms with E-state index in [0.717, 1.165) is 64.8 Å². The van der Waals surface area contributed by atoms with Gasteiger partial charge in [0.25, 0.3) is 0 Å². The van der Waals surface area contributed by atoms with Crippen molar-refractivity contribution in [1.29, 1.82) is 0 Å². The lowest BCUT2D eigenvalue weighted by molar-refractivity contribution is -0.130. The Balaban J connectivity index is 1.85. The molecule has 1 aliphatic rings. The topological polar surface area (TPSA) is 55.6 Å². The summed E-state index contributed by atoms with van der Waals surface area (Å²) in [6.45, 7) is 5.48. The summed E-state index contributed by atoms with van der Waals surface area (Å²) in [5.41, 5.74) is 5.51. The van der Waals surface area contributed by atoms with Gasteiger partial charge in [-0.3, -0.25) is 4.79 Å². The van der Waals surface area contributed by atoms with Gasteiger partial charge in [-0.1, -0.05) is 76.2 Å². The molecular weight excluding hydrogens is 396 g/mol. The molecule has 0 saturated carbocycles. The van der Waals surface area contributed by atoms with Crippen molar-refractivity contribution >= 4 is 5.91 Å². The molecule has 0 aromatic heterocycles. The van der Waals surface area contributed by atoms with Gasteiger partial charge < -0.3 is 15.4 Å². The number of likely N-dealkylation sites (tertiary alicyclic amines) is 1. The van der Waals surface area contributed by atoms with Crippen molar-refractivity contribution in [1.82, 2.24) is 4.90 Å². The molecule has 2 N–H and O–H groups in total. The Morgan fingerprint density at radius 2 is 1.53 bits per heavy atom. The molecule has 0 bridgehead atoms. The molecule has 32 heavy (non-hydrogen) atoms. The fourth-order valence-electron chi connectivity index (χ4n) is 4.19. The predicted molar refractivity (Wildman–Crippen MR) is 138 cm³/mol. The number of ether oxygens (including phenoxy) is 1. The van der Waals surface area contributed by atoms with Crippen LogP contribution in [0.4, 0.5) is 0 Å². The van der Waals surface area contributed by atoms with Crippen molar-refractivity contribution < 1.29 is 9.53 Å². The number of allylic oxidation sites excluding steroid dienone is 4. The van der Waals surface area contributed by atoms with Crippen molar-refractivity contribution in [3.8, 4) is 0 Å². The minimum Gasteiger partial charge on any atom is -0.376 e. The molecule has 4 heteroatoms. The van der Waals surface area contributed by atoms with Gasteiger partial charge in [-0.25, -0.2) is 0 Å². The summed E-state index contributed by atoms with van der Waals surface area (Å²) < 4.78 is 6.02. The molecule has 186 valence electrons. The van der Waals surface area contributed by atoms with Crippen LogP contribution in [-0.4, -0.2) is 43.2 Å². The third-order valence-corrected chi connectivity index (χ3v) is 6.29. The fraction of sp³-hybridized carbons (Fsp3) is 0.821. The van der Waals surface area contributed by atoms with Gasteiger partial charge in [-0.2, -0.15) is 0 Å². The average molecular weight is 449 g/mol. The molecule has 1 fully saturated rings. The van der Waals surface area contributed by atoms with Crippen LogP contribution >= 0.6 is 0 Å². The molecule has 1 heterocycles. The van der Waals surface area contributed by atoms with Gasteiger partial charge in [0, 0.05) is 26.1 Å². The summed E-state index contributed by atoms with van der Waals surface area (Å²) in [5, 5.41) is 0. The number of hydrogen-bond acceptors (Lipinski definition) is 3. The van der Waals surface area contributed by atoms with Crippen LogP contribution in [0.1, 0.15) is 116 Å². The Labute approximate surface area is 199 Å². The van der Waals surface area contributed by atoms with E-state index >= 15 is 0 Å². The molecule has 1 rings (SSSR count). The predicted octanol–water partition coefficient (Wildman–Crippen LogP) is 6.94. The first-order chi connectivity index (χ1) is 15.8. The molecule has 0 radical (unpaired) electrons. The number of rotatable bonds is 21. The largest absolute Gasteiger partial charge is 0.376 e. The van der Waals surface area contributed by atoms with E-state index in [1.165, 1.54) is 64.2 Å². The number of nitrogens with two attached hydrogens (primary N) is 1. The van der Waals surface area contributed by atoms with Crippen LogP contribution in [0.15, 0.2) is 24.3 Å². The van der Waals surface area contributed by atoms with E-state index < -0.39 is 0 Å². The van der Waals surface area contributed by atoms with Crippen LogP contribution in [0.3, 0.4) is 0 Å². The van der Waals surface area contributed by atoms with Crippen LogP contribution in [0, 0.1) is 0 Å². The maximum Gasteiger partial charge on any atom is 0.222 e. The standard InChI is InChI=1S/C28H52N2O2/c1-2-3-4-5-6-7-8-9-10-11-12-13-14-15-16-20-25-32-27-22-24-30(26-27)28(31)21-18-17-19-23-29/h6-7,9-10,27H,2-5,8,11-26,29H2,1H3/b7-6-,10-9-/t27-/m0/s1. The van der Waals surface area contributed by atoms with Crippen molar-refractivity contribution in [2.24, 2.45) is 5.73 Å². The highest BCUT2D eigenvalue weighted by Crippen LogP contribution is 2.16. The van der Waals surface area contributed by atoms with E-state index in [1.807, 2.05) is 4.90 Å². The van der Waals surface area contributed by atoms with Crippen molar-refractivity contribution in [3.63, 3.8) is 0 Å². The summed E-state index contributed by atoms with van der Waals surface area (Å²) in [5.74, 6) is 0.293. The Kier molecular flexibility index (Phi) is 19.6. The molecule has 0 aliphatic carbocycles. The van der Waals surface area contributed by atoms with Crippen LogP contribution in [0.25, 0.3) is 0 Å². The Hall–Kier alpha value is -1.13. The Bertz CT molecular complexity index is 490. The molecule has 4 nitrogen and oxygen atoms in total. The van der Waals surface area contributed by atoms with Crippen molar-refractivity contribution in [2.75, 3.05) is 26.2 Å². The number of hydrogen-bond donors (Lipinski definition) is 1. The van der Waals surface area contributed by atoms with Gasteiger partial charge >= 0.3 is 0 Å². The third kappa shape index (κ3) is 16.5. The molecule has 1 atom stereocenters. The summed E-state index contributed by atoms with van der Waals surface area (Å²) in [6.07, 6.45) is 29.5. The van der Waals surface area contributed by atoms with E-state index in [0.29, 0.717) is 12.3 Å². The van der Waals surface area contributed by atoms with Gasteiger partial charge in [0.05, 0.1) is 6.10 Å². The molecule has 1 saturated heterocycles. The maximum absolute atomic E-state index is 12.2. The van der Waals surface area contributed by atoms with E-state index in [9.17, 15) is 4.79 Å². The van der Waals surface area contributed by atoms with Crippen LogP contribution in [0.5, 0.6) is 0 Å². The second kappa shape index (κ2) is 21.7. The maximum atomic E-state index is 12.2. The quantitative estimate of drug-likeness (QED) is 0.153. The second-order valence-electron chi connectivity index (χ2n) is 9.30. The molecule has 0 spiro atoms. The first-order valence-corrected chi connectivity index (χ1v) is 13.7. The first kappa shape index (κ1) is 28.9. The zero-order chi connectivity index (χ0) is 23.1. The summed E-state index contributed by atoms with van der Waals surface area (Å²) in [4.78, 5) is 14.2. The number of carbonyl (C=O) groups is 1. The molecule has 0 aromatic rings. The van der Waals surface area contributed by atoms with E-state index in [2.05, 4.69) is 31.2 Å². The highest BCUT2D eigenvalue weighted by molar-refractivity contribution is 5.76. The molecular formula is C28H52N2O2. The van der Waals surface area contributed by atoms with Crippen LogP contribution in [0.2, 0.25) is 0 Å². The lowest BCUT2D eigenvalue weighted by atomic mass is 10.1. The van der Waals surface area contributed by atoms with E-state index in [-0.39, 0.29) is 6.10 Å². The zero-order valence-electron chi connectivity index (χ0n) is 21.1. The number of nitrogens with zero attached hydrogens (tertiary/aromatic N) is 1. The van der Waals surface area contributed by atoms with E-state index in [1.54, 1.807) is 0 Å². The number of carbonyl (C=O) groups excluding carboxylic acids is 1. The fourth-order valence-corrected chi connectivity index (χ4v) is 4.19. The normalized spacial score (nSPS) is 16.7. The molecule has 0 unspecified atom stereocenters. The molecule has 0 aromatic carbocycles. The zero-order valence-corrected chi connectivity index (χ0v) is 21.1. The smallest absolute Gasteiger partial charge is 0.222 e. The van der Waals surface area contributed by atoms with Gasteiger partial charge in [-0.15, -0.1) is 0 Å². The third-order valence-electron chi connectivity index (χ3n) is 6.29. The highest BCUT2D eigenvalue weighted by atomic mass is 16.5. The number of amides is 1. The van der Waals surface area contributed by atoms with E-state index in [4.69, 9.17) is 10.5 Å². The summed E-state index contributed by atoms with van der Waals surface area (Å²) >= 11 is 0. The minimum atomic E-state index is 0.251. The Morgan fingerprint density at radius 3 is 2.25 bits per heavy atom. The molecule has 1 amide bonds. The monoisotopic (exact) mass is 448 g/mol. The lowest BCUT2D eigenvalue weighted by Crippen LogP contribution is -2.30. The Morgan fingerprint density at radius 1 is 0.875 bits per heavy atom. The number of unbranched alkanes of at least 4 members (excludes halogenated alkanes) is 11.